The summed E-state index contributed by atoms with van der Waals surface area (Å²) in [5, 5.41) is 0. The Balaban J connectivity index is 1.85. The molecule has 0 radical (unpaired) electrons. The molecule has 0 saturated carbocycles. The van der Waals surface area contributed by atoms with Gasteiger partial charge in [0, 0.05) is 18.0 Å². The van der Waals surface area contributed by atoms with Crippen LogP contribution in [0.4, 0.5) is 0 Å². The zero-order chi connectivity index (χ0) is 15.5. The van der Waals surface area contributed by atoms with E-state index in [0.29, 0.717) is 18.7 Å². The van der Waals surface area contributed by atoms with Crippen LogP contribution in [-0.4, -0.2) is 36.6 Å². The molecule has 1 aromatic carbocycles. The Morgan fingerprint density at radius 2 is 2.14 bits per heavy atom. The number of carbonyl (C=O) groups excluding carboxylic acids is 1. The molecular formula is C18H22INO2. The number of nitrogens with zero attached hydrogens (tertiary/aromatic N) is 1. The summed E-state index contributed by atoms with van der Waals surface area (Å²) < 4.78 is 7.40. The van der Waals surface area contributed by atoms with Crippen LogP contribution >= 0.6 is 22.6 Å². The highest BCUT2D eigenvalue weighted by molar-refractivity contribution is 14.1. The lowest BCUT2D eigenvalue weighted by Gasteiger charge is -2.41. The summed E-state index contributed by atoms with van der Waals surface area (Å²) in [6.07, 6.45) is 5.23. The van der Waals surface area contributed by atoms with Crippen molar-refractivity contribution in [3.05, 3.63) is 46.1 Å². The Hall–Kier alpha value is -0.880. The van der Waals surface area contributed by atoms with Crippen LogP contribution < -0.4 is 0 Å². The van der Waals surface area contributed by atoms with E-state index in [9.17, 15) is 4.79 Å². The van der Waals surface area contributed by atoms with Crippen molar-refractivity contribution in [3.8, 4) is 0 Å². The Bertz CT molecular complexity index is 545. The third-order valence-electron chi connectivity index (χ3n) is 5.18. The van der Waals surface area contributed by atoms with Gasteiger partial charge in [-0.05, 0) is 42.0 Å². The largest absolute Gasteiger partial charge is 0.461 e. The van der Waals surface area contributed by atoms with E-state index >= 15 is 0 Å². The van der Waals surface area contributed by atoms with Gasteiger partial charge in [0.25, 0.3) is 0 Å². The lowest BCUT2D eigenvalue weighted by Crippen LogP contribution is -2.49. The number of hydrogen-bond donors (Lipinski definition) is 0. The smallest absolute Gasteiger partial charge is 0.311 e. The maximum atomic E-state index is 12.7. The van der Waals surface area contributed by atoms with E-state index in [2.05, 4.69) is 58.8 Å². The number of halogens is 1. The van der Waals surface area contributed by atoms with Gasteiger partial charge in [0.1, 0.15) is 6.61 Å². The molecule has 3 rings (SSSR count). The fourth-order valence-corrected chi connectivity index (χ4v) is 4.30. The van der Waals surface area contributed by atoms with Gasteiger partial charge in [-0.2, -0.15) is 0 Å². The summed E-state index contributed by atoms with van der Waals surface area (Å²) in [6, 6.07) is 11.4. The Morgan fingerprint density at radius 3 is 2.86 bits per heavy atom. The highest BCUT2D eigenvalue weighted by Crippen LogP contribution is 2.46. The minimum Gasteiger partial charge on any atom is -0.461 e. The first-order chi connectivity index (χ1) is 10.7. The third kappa shape index (κ3) is 3.08. The minimum atomic E-state index is -0.0474. The van der Waals surface area contributed by atoms with Crippen molar-refractivity contribution in [1.82, 2.24) is 4.90 Å². The normalized spacial score (nSPS) is 31.5. The zero-order valence-electron chi connectivity index (χ0n) is 12.8. The standard InChI is InChI=1S/C18H22INO2/c1-20-14-8-9-16(20)17(18(21)22-11-5-10-19)15(12-14)13-6-3-2-4-7-13/h2-7,10,14-17H,8-9,11-12H2,1H3/b10-5-/t14-,15+,16+,17-/m0/s1. The molecule has 1 aromatic rings. The molecular weight excluding hydrogens is 389 g/mol. The first-order valence-corrected chi connectivity index (χ1v) is 9.15. The van der Waals surface area contributed by atoms with E-state index in [1.165, 1.54) is 12.0 Å². The molecule has 2 bridgehead atoms. The van der Waals surface area contributed by atoms with Crippen molar-refractivity contribution in [2.45, 2.75) is 37.3 Å². The lowest BCUT2D eigenvalue weighted by molar-refractivity contribution is -0.152. The molecule has 0 aliphatic carbocycles. The van der Waals surface area contributed by atoms with Crippen LogP contribution in [0, 0.1) is 5.92 Å². The summed E-state index contributed by atoms with van der Waals surface area (Å²) in [6.45, 7) is 0.375. The van der Waals surface area contributed by atoms with Gasteiger partial charge >= 0.3 is 5.97 Å². The van der Waals surface area contributed by atoms with E-state index in [-0.39, 0.29) is 17.8 Å². The van der Waals surface area contributed by atoms with Crippen LogP contribution in [0.5, 0.6) is 0 Å². The quantitative estimate of drug-likeness (QED) is 0.559. The summed E-state index contributed by atoms with van der Waals surface area (Å²) in [5.41, 5.74) is 1.28. The molecule has 0 unspecified atom stereocenters. The zero-order valence-corrected chi connectivity index (χ0v) is 15.0. The Labute approximate surface area is 145 Å². The van der Waals surface area contributed by atoms with Crippen molar-refractivity contribution in [1.29, 1.82) is 0 Å². The Morgan fingerprint density at radius 1 is 1.36 bits per heavy atom. The lowest BCUT2D eigenvalue weighted by atomic mass is 9.76. The number of ether oxygens (including phenoxy) is 1. The average molecular weight is 411 g/mol. The van der Waals surface area contributed by atoms with Crippen molar-refractivity contribution in [2.24, 2.45) is 5.92 Å². The number of piperidine rings is 1. The summed E-state index contributed by atoms with van der Waals surface area (Å²) in [7, 11) is 2.16. The fourth-order valence-electron chi connectivity index (χ4n) is 4.09. The van der Waals surface area contributed by atoms with Crippen LogP contribution in [0.15, 0.2) is 40.5 Å². The summed E-state index contributed by atoms with van der Waals surface area (Å²) in [5.74, 6) is 0.195. The molecule has 2 heterocycles. The highest BCUT2D eigenvalue weighted by atomic mass is 127. The van der Waals surface area contributed by atoms with Gasteiger partial charge in [-0.1, -0.05) is 52.9 Å². The van der Waals surface area contributed by atoms with Crippen molar-refractivity contribution >= 4 is 28.6 Å². The number of hydrogen-bond acceptors (Lipinski definition) is 3. The van der Waals surface area contributed by atoms with Gasteiger partial charge in [-0.25, -0.2) is 0 Å². The number of carbonyl (C=O) groups is 1. The average Bonchev–Trinajstić information content (AvgIpc) is 2.78. The molecule has 4 atom stereocenters. The number of rotatable bonds is 4. The molecule has 2 aliphatic heterocycles. The first-order valence-electron chi connectivity index (χ1n) is 7.91. The molecule has 0 spiro atoms. The van der Waals surface area contributed by atoms with E-state index in [1.807, 2.05) is 16.2 Å². The number of benzene rings is 1. The molecule has 0 aromatic heterocycles. The monoisotopic (exact) mass is 411 g/mol. The SMILES string of the molecule is CN1[C@H]2CC[C@@H]1[C@@H](C(=O)OC/C=C\I)[C@@H](c1ccccc1)C2. The molecule has 118 valence electrons. The topological polar surface area (TPSA) is 29.5 Å². The van der Waals surface area contributed by atoms with Gasteiger partial charge in [0.2, 0.25) is 0 Å². The molecule has 0 amide bonds. The molecule has 22 heavy (non-hydrogen) atoms. The summed E-state index contributed by atoms with van der Waals surface area (Å²) >= 11 is 2.14. The van der Waals surface area contributed by atoms with Crippen molar-refractivity contribution in [2.75, 3.05) is 13.7 Å². The van der Waals surface area contributed by atoms with Gasteiger partial charge in [0.15, 0.2) is 0 Å². The highest BCUT2D eigenvalue weighted by Gasteiger charge is 2.49. The summed E-state index contributed by atoms with van der Waals surface area (Å²) in [4.78, 5) is 15.1. The van der Waals surface area contributed by atoms with Gasteiger partial charge in [-0.15, -0.1) is 0 Å². The van der Waals surface area contributed by atoms with E-state index in [0.717, 1.165) is 12.8 Å². The second kappa shape index (κ2) is 7.13. The van der Waals surface area contributed by atoms with Crippen LogP contribution in [0.25, 0.3) is 0 Å². The van der Waals surface area contributed by atoms with Gasteiger partial charge in [-0.3, -0.25) is 9.69 Å². The molecule has 2 saturated heterocycles. The Kier molecular flexibility index (Phi) is 5.18. The second-order valence-corrected chi connectivity index (χ2v) is 6.95. The molecule has 0 N–H and O–H groups in total. The molecule has 2 fully saturated rings. The fraction of sp³-hybridized carbons (Fsp3) is 0.500. The van der Waals surface area contributed by atoms with Crippen LogP contribution in [-0.2, 0) is 9.53 Å². The number of fused-ring (bicyclic) bond motifs is 2. The minimum absolute atomic E-state index is 0.0412. The van der Waals surface area contributed by atoms with Crippen molar-refractivity contribution in [3.63, 3.8) is 0 Å². The molecule has 4 heteroatoms. The maximum Gasteiger partial charge on any atom is 0.311 e. The van der Waals surface area contributed by atoms with Crippen LogP contribution in [0.1, 0.15) is 30.7 Å². The van der Waals surface area contributed by atoms with E-state index in [1.54, 1.807) is 0 Å². The maximum absolute atomic E-state index is 12.7. The van der Waals surface area contributed by atoms with Crippen LogP contribution in [0.3, 0.4) is 0 Å². The second-order valence-electron chi connectivity index (χ2n) is 6.23. The molecule has 3 nitrogen and oxygen atoms in total. The number of esters is 1. The van der Waals surface area contributed by atoms with Crippen LogP contribution in [0.2, 0.25) is 0 Å². The predicted molar refractivity (Wildman–Crippen MR) is 96.0 cm³/mol. The van der Waals surface area contributed by atoms with Crippen molar-refractivity contribution < 1.29 is 9.53 Å². The predicted octanol–water partition coefficient (Wildman–Crippen LogP) is 3.74. The first kappa shape index (κ1) is 16.0. The van der Waals surface area contributed by atoms with E-state index < -0.39 is 0 Å². The van der Waals surface area contributed by atoms with Gasteiger partial charge in [0.05, 0.1) is 5.92 Å². The van der Waals surface area contributed by atoms with Gasteiger partial charge < -0.3 is 4.74 Å². The third-order valence-corrected chi connectivity index (χ3v) is 5.69. The van der Waals surface area contributed by atoms with E-state index in [4.69, 9.17) is 4.74 Å². The molecule has 2 aliphatic rings.